The monoisotopic (exact) mass is 235 g/mol. The van der Waals surface area contributed by atoms with Crippen molar-refractivity contribution >= 4 is 40.9 Å². The fourth-order valence-electron chi connectivity index (χ4n) is 1.32. The molecule has 0 saturated carbocycles. The van der Waals surface area contributed by atoms with Crippen molar-refractivity contribution in [2.24, 2.45) is 0 Å². The Balaban J connectivity index is 2.06. The van der Waals surface area contributed by atoms with Crippen LogP contribution in [0, 0.1) is 0 Å². The van der Waals surface area contributed by atoms with Crippen molar-refractivity contribution in [2.45, 2.75) is 17.0 Å². The molecule has 1 saturated heterocycles. The van der Waals surface area contributed by atoms with Crippen LogP contribution >= 0.6 is 35.0 Å². The van der Waals surface area contributed by atoms with E-state index in [1.165, 1.54) is 0 Å². The summed E-state index contributed by atoms with van der Waals surface area (Å²) < 4.78 is 0.279. The first-order valence-electron chi connectivity index (χ1n) is 3.84. The van der Waals surface area contributed by atoms with Gasteiger partial charge in [0.15, 0.2) is 0 Å². The number of amides is 1. The SMILES string of the molecule is O=C1C[C@H]2SC(C=C(Cl)Cl)C=CN12. The molecule has 0 aliphatic carbocycles. The van der Waals surface area contributed by atoms with E-state index in [-0.39, 0.29) is 21.0 Å². The number of β-lactam (4-membered cyclic amide) rings is 1. The minimum atomic E-state index is 0.188. The molecule has 2 rings (SSSR count). The fourth-order valence-corrected chi connectivity index (χ4v) is 3.03. The van der Waals surface area contributed by atoms with Crippen LogP contribution in [0.15, 0.2) is 22.8 Å². The number of rotatable bonds is 1. The Bertz CT molecular complexity index is 299. The highest BCUT2D eigenvalue weighted by Crippen LogP contribution is 2.37. The number of hydrogen-bond donors (Lipinski definition) is 0. The van der Waals surface area contributed by atoms with Crippen LogP contribution in [0.2, 0.25) is 0 Å². The summed E-state index contributed by atoms with van der Waals surface area (Å²) in [4.78, 5) is 12.7. The first kappa shape index (κ1) is 9.44. The van der Waals surface area contributed by atoms with E-state index in [9.17, 15) is 4.79 Å². The lowest BCUT2D eigenvalue weighted by Crippen LogP contribution is -2.49. The summed E-state index contributed by atoms with van der Waals surface area (Å²) >= 11 is 12.8. The molecule has 1 fully saturated rings. The summed E-state index contributed by atoms with van der Waals surface area (Å²) in [5.41, 5.74) is 0. The zero-order valence-corrected chi connectivity index (χ0v) is 8.94. The standard InChI is InChI=1S/C8H7Cl2NOS/c9-6(10)3-5-1-2-11-7(12)4-8(11)13-5/h1-3,5,8H,4H2/t5?,8-/m1/s1. The molecule has 0 spiro atoms. The van der Waals surface area contributed by atoms with Gasteiger partial charge in [0.05, 0.1) is 11.8 Å². The number of thioether (sulfide) groups is 1. The number of carbonyl (C=O) groups is 1. The number of hydrogen-bond acceptors (Lipinski definition) is 2. The number of nitrogens with zero attached hydrogens (tertiary/aromatic N) is 1. The Morgan fingerprint density at radius 1 is 1.69 bits per heavy atom. The predicted octanol–water partition coefficient (Wildman–Crippen LogP) is 2.49. The summed E-state index contributed by atoms with van der Waals surface area (Å²) in [5, 5.41) is 0.478. The number of halogens is 2. The molecule has 2 aliphatic rings. The average molecular weight is 236 g/mol. The molecule has 0 aromatic heterocycles. The predicted molar refractivity (Wildman–Crippen MR) is 55.6 cm³/mol. The Labute approximate surface area is 90.6 Å². The second-order valence-corrected chi connectivity index (χ2v) is 5.23. The third kappa shape index (κ3) is 1.87. The van der Waals surface area contributed by atoms with E-state index >= 15 is 0 Å². The van der Waals surface area contributed by atoms with Crippen LogP contribution in [0.25, 0.3) is 0 Å². The first-order valence-corrected chi connectivity index (χ1v) is 5.54. The van der Waals surface area contributed by atoms with Gasteiger partial charge in [0, 0.05) is 11.4 Å². The van der Waals surface area contributed by atoms with Gasteiger partial charge >= 0.3 is 0 Å². The molecule has 70 valence electrons. The van der Waals surface area contributed by atoms with Crippen molar-refractivity contribution in [1.29, 1.82) is 0 Å². The quantitative estimate of drug-likeness (QED) is 0.652. The fraction of sp³-hybridized carbons (Fsp3) is 0.375. The maximum absolute atomic E-state index is 11.0. The van der Waals surface area contributed by atoms with E-state index in [2.05, 4.69) is 0 Å². The molecule has 2 heterocycles. The van der Waals surface area contributed by atoms with Crippen LogP contribution in [-0.2, 0) is 4.79 Å². The molecule has 1 amide bonds. The first-order chi connectivity index (χ1) is 6.16. The normalized spacial score (nSPS) is 30.9. The van der Waals surface area contributed by atoms with Gasteiger partial charge in [0.25, 0.3) is 0 Å². The Morgan fingerprint density at radius 3 is 3.00 bits per heavy atom. The van der Waals surface area contributed by atoms with Crippen molar-refractivity contribution in [3.05, 3.63) is 22.8 Å². The topological polar surface area (TPSA) is 20.3 Å². The van der Waals surface area contributed by atoms with Gasteiger partial charge in [-0.05, 0) is 6.08 Å². The summed E-state index contributed by atoms with van der Waals surface area (Å²) in [5.74, 6) is 0.188. The molecule has 13 heavy (non-hydrogen) atoms. The lowest BCUT2D eigenvalue weighted by Gasteiger charge is -2.41. The van der Waals surface area contributed by atoms with Crippen LogP contribution in [0.1, 0.15) is 6.42 Å². The van der Waals surface area contributed by atoms with E-state index < -0.39 is 0 Å². The molecular weight excluding hydrogens is 229 g/mol. The third-order valence-electron chi connectivity index (χ3n) is 1.99. The molecule has 0 radical (unpaired) electrons. The van der Waals surface area contributed by atoms with Gasteiger partial charge in [0.2, 0.25) is 5.91 Å². The van der Waals surface area contributed by atoms with Crippen molar-refractivity contribution in [1.82, 2.24) is 4.90 Å². The Hall–Kier alpha value is -0.120. The molecule has 0 aromatic rings. The average Bonchev–Trinajstić information content (AvgIpc) is 2.01. The molecular formula is C8H7Cl2NOS. The summed E-state index contributed by atoms with van der Waals surface area (Å²) in [7, 11) is 0. The van der Waals surface area contributed by atoms with Crippen LogP contribution < -0.4 is 0 Å². The summed E-state index contributed by atoms with van der Waals surface area (Å²) in [6.45, 7) is 0. The van der Waals surface area contributed by atoms with Gasteiger partial charge in [-0.3, -0.25) is 4.79 Å². The van der Waals surface area contributed by atoms with Crippen LogP contribution in [-0.4, -0.2) is 21.4 Å². The molecule has 0 N–H and O–H groups in total. The minimum Gasteiger partial charge on any atom is -0.306 e. The van der Waals surface area contributed by atoms with E-state index in [0.717, 1.165) is 0 Å². The van der Waals surface area contributed by atoms with Gasteiger partial charge in [-0.25, -0.2) is 0 Å². The van der Waals surface area contributed by atoms with Gasteiger partial charge < -0.3 is 4.90 Å². The van der Waals surface area contributed by atoms with Gasteiger partial charge in [-0.15, -0.1) is 11.8 Å². The zero-order chi connectivity index (χ0) is 9.42. The molecule has 2 nitrogen and oxygen atoms in total. The third-order valence-corrected chi connectivity index (χ3v) is 3.56. The molecule has 0 aromatic carbocycles. The number of fused-ring (bicyclic) bond motifs is 1. The van der Waals surface area contributed by atoms with E-state index in [0.29, 0.717) is 6.42 Å². The van der Waals surface area contributed by atoms with Crippen molar-refractivity contribution in [3.8, 4) is 0 Å². The highest BCUT2D eigenvalue weighted by molar-refractivity contribution is 8.01. The molecule has 1 unspecified atom stereocenters. The van der Waals surface area contributed by atoms with E-state index in [1.54, 1.807) is 22.7 Å². The van der Waals surface area contributed by atoms with E-state index in [4.69, 9.17) is 23.2 Å². The largest absolute Gasteiger partial charge is 0.306 e. The van der Waals surface area contributed by atoms with E-state index in [1.807, 2.05) is 12.3 Å². The van der Waals surface area contributed by atoms with Crippen molar-refractivity contribution in [2.75, 3.05) is 0 Å². The second kappa shape index (κ2) is 3.56. The Morgan fingerprint density at radius 2 is 2.46 bits per heavy atom. The summed E-state index contributed by atoms with van der Waals surface area (Å²) in [6.07, 6.45) is 6.12. The highest BCUT2D eigenvalue weighted by atomic mass is 35.5. The van der Waals surface area contributed by atoms with Crippen LogP contribution in [0.3, 0.4) is 0 Å². The van der Waals surface area contributed by atoms with Crippen molar-refractivity contribution < 1.29 is 4.79 Å². The van der Waals surface area contributed by atoms with Gasteiger partial charge in [-0.1, -0.05) is 29.3 Å². The van der Waals surface area contributed by atoms with Crippen LogP contribution in [0.5, 0.6) is 0 Å². The van der Waals surface area contributed by atoms with Gasteiger partial charge in [-0.2, -0.15) is 0 Å². The second-order valence-electron chi connectivity index (χ2n) is 2.86. The molecule has 5 heteroatoms. The molecule has 0 bridgehead atoms. The number of carbonyl (C=O) groups excluding carboxylic acids is 1. The maximum atomic E-state index is 11.0. The minimum absolute atomic E-state index is 0.188. The zero-order valence-electron chi connectivity index (χ0n) is 6.61. The summed E-state index contributed by atoms with van der Waals surface area (Å²) in [6, 6.07) is 0. The van der Waals surface area contributed by atoms with Gasteiger partial charge in [0.1, 0.15) is 4.49 Å². The van der Waals surface area contributed by atoms with Crippen LogP contribution in [0.4, 0.5) is 0 Å². The maximum Gasteiger partial charge on any atom is 0.230 e. The highest BCUT2D eigenvalue weighted by Gasteiger charge is 2.38. The lowest BCUT2D eigenvalue weighted by molar-refractivity contribution is -0.137. The lowest BCUT2D eigenvalue weighted by atomic mass is 10.2. The smallest absolute Gasteiger partial charge is 0.230 e. The van der Waals surface area contributed by atoms with Crippen molar-refractivity contribution in [3.63, 3.8) is 0 Å². The molecule has 2 atom stereocenters. The molecule has 2 aliphatic heterocycles. The Kier molecular flexibility index (Phi) is 2.58.